The second-order valence-electron chi connectivity index (χ2n) is 5.00. The lowest BCUT2D eigenvalue weighted by molar-refractivity contribution is 0.0520. The number of anilines is 1. The summed E-state index contributed by atoms with van der Waals surface area (Å²) in [7, 11) is 1.70. The van der Waals surface area contributed by atoms with Crippen LogP contribution >= 0.6 is 11.3 Å². The van der Waals surface area contributed by atoms with Gasteiger partial charge in [0.25, 0.3) is 0 Å². The summed E-state index contributed by atoms with van der Waals surface area (Å²) in [4.78, 5) is 18.4. The first-order valence-electron chi connectivity index (χ1n) is 7.05. The predicted molar refractivity (Wildman–Crippen MR) is 79.5 cm³/mol. The zero-order valence-electron chi connectivity index (χ0n) is 12.3. The molecule has 20 heavy (non-hydrogen) atoms. The van der Waals surface area contributed by atoms with Gasteiger partial charge in [0, 0.05) is 25.1 Å². The smallest absolute Gasteiger partial charge is 0.357 e. The molecule has 1 heterocycles. The van der Waals surface area contributed by atoms with Gasteiger partial charge in [0.2, 0.25) is 0 Å². The van der Waals surface area contributed by atoms with E-state index in [9.17, 15) is 4.79 Å². The Hall–Kier alpha value is -1.14. The van der Waals surface area contributed by atoms with Crippen LogP contribution in [0.25, 0.3) is 0 Å². The fraction of sp³-hybridized carbons (Fsp3) is 0.714. The number of hydrogen-bond acceptors (Lipinski definition) is 6. The molecule has 0 spiro atoms. The molecule has 0 saturated heterocycles. The zero-order valence-corrected chi connectivity index (χ0v) is 13.1. The summed E-state index contributed by atoms with van der Waals surface area (Å²) in [5.74, 6) is 0.391. The van der Waals surface area contributed by atoms with Crippen molar-refractivity contribution in [3.05, 3.63) is 11.1 Å². The van der Waals surface area contributed by atoms with Gasteiger partial charge in [-0.2, -0.15) is 0 Å². The maximum atomic E-state index is 11.7. The van der Waals surface area contributed by atoms with Crippen molar-refractivity contribution in [2.45, 2.75) is 32.7 Å². The highest BCUT2D eigenvalue weighted by Gasteiger charge is 2.33. The van der Waals surface area contributed by atoms with Crippen LogP contribution in [-0.4, -0.2) is 43.9 Å². The Labute approximate surface area is 123 Å². The highest BCUT2D eigenvalue weighted by molar-refractivity contribution is 7.13. The summed E-state index contributed by atoms with van der Waals surface area (Å²) < 4.78 is 10.2. The third-order valence-electron chi connectivity index (χ3n) is 3.55. The number of rotatable bonds is 8. The molecule has 1 aromatic rings. The predicted octanol–water partition coefficient (Wildman–Crippen LogP) is 2.57. The van der Waals surface area contributed by atoms with E-state index in [1.807, 2.05) is 0 Å². The van der Waals surface area contributed by atoms with Gasteiger partial charge < -0.3 is 14.4 Å². The van der Waals surface area contributed by atoms with E-state index >= 15 is 0 Å². The average molecular weight is 298 g/mol. The average Bonchev–Trinajstić information content (AvgIpc) is 3.18. The monoisotopic (exact) mass is 298 g/mol. The van der Waals surface area contributed by atoms with Crippen LogP contribution in [0, 0.1) is 5.92 Å². The van der Waals surface area contributed by atoms with Crippen LogP contribution in [0.4, 0.5) is 5.13 Å². The molecule has 1 aliphatic carbocycles. The highest BCUT2D eigenvalue weighted by Crippen LogP contribution is 2.37. The molecule has 0 aromatic carbocycles. The highest BCUT2D eigenvalue weighted by atomic mass is 32.1. The Balaban J connectivity index is 2.09. The molecular weight excluding hydrogens is 276 g/mol. The normalized spacial score (nSPS) is 15.9. The van der Waals surface area contributed by atoms with Crippen LogP contribution in [0.5, 0.6) is 0 Å². The van der Waals surface area contributed by atoms with Crippen molar-refractivity contribution >= 4 is 22.4 Å². The molecule has 1 saturated carbocycles. The van der Waals surface area contributed by atoms with Crippen LogP contribution in [0.15, 0.2) is 5.38 Å². The van der Waals surface area contributed by atoms with Crippen molar-refractivity contribution in [2.24, 2.45) is 5.92 Å². The third kappa shape index (κ3) is 3.70. The maximum absolute atomic E-state index is 11.7. The fourth-order valence-electron chi connectivity index (χ4n) is 2.19. The largest absolute Gasteiger partial charge is 0.461 e. The molecule has 112 valence electrons. The van der Waals surface area contributed by atoms with Crippen LogP contribution in [-0.2, 0) is 9.47 Å². The number of aromatic nitrogens is 1. The molecule has 1 fully saturated rings. The van der Waals surface area contributed by atoms with E-state index in [-0.39, 0.29) is 5.97 Å². The molecule has 1 unspecified atom stereocenters. The Kier molecular flexibility index (Phi) is 5.37. The lowest BCUT2D eigenvalue weighted by Crippen LogP contribution is -2.37. The summed E-state index contributed by atoms with van der Waals surface area (Å²) >= 11 is 1.49. The Morgan fingerprint density at radius 1 is 1.60 bits per heavy atom. The number of thiazole rings is 1. The van der Waals surface area contributed by atoms with E-state index < -0.39 is 0 Å². The number of carbonyl (C=O) groups is 1. The number of methoxy groups -OCH3 is 1. The lowest BCUT2D eigenvalue weighted by atomic mass is 10.2. The first kappa shape index (κ1) is 15.3. The topological polar surface area (TPSA) is 51.7 Å². The minimum absolute atomic E-state index is 0.347. The van der Waals surface area contributed by atoms with Gasteiger partial charge in [-0.15, -0.1) is 11.3 Å². The summed E-state index contributed by atoms with van der Waals surface area (Å²) in [6.07, 6.45) is 2.56. The summed E-state index contributed by atoms with van der Waals surface area (Å²) in [6.45, 7) is 5.84. The first-order valence-corrected chi connectivity index (χ1v) is 7.93. The SMILES string of the molecule is CCOC(=O)c1csc(N(CCOC)C(C)C2CC2)n1. The van der Waals surface area contributed by atoms with E-state index in [1.54, 1.807) is 19.4 Å². The van der Waals surface area contributed by atoms with Crippen LogP contribution in [0.2, 0.25) is 0 Å². The molecule has 0 aliphatic heterocycles. The van der Waals surface area contributed by atoms with E-state index in [0.29, 0.717) is 24.9 Å². The van der Waals surface area contributed by atoms with E-state index in [2.05, 4.69) is 16.8 Å². The summed E-state index contributed by atoms with van der Waals surface area (Å²) in [5, 5.41) is 2.65. The van der Waals surface area contributed by atoms with Gasteiger partial charge in [-0.05, 0) is 32.6 Å². The number of ether oxygens (including phenoxy) is 2. The van der Waals surface area contributed by atoms with Crippen molar-refractivity contribution in [1.82, 2.24) is 4.98 Å². The van der Waals surface area contributed by atoms with Gasteiger partial charge in [-0.1, -0.05) is 0 Å². The minimum Gasteiger partial charge on any atom is -0.461 e. The molecule has 6 heteroatoms. The molecule has 1 aliphatic rings. The van der Waals surface area contributed by atoms with Gasteiger partial charge in [-0.3, -0.25) is 0 Å². The number of carbonyl (C=O) groups excluding carboxylic acids is 1. The van der Waals surface area contributed by atoms with E-state index in [0.717, 1.165) is 17.6 Å². The zero-order chi connectivity index (χ0) is 14.5. The van der Waals surface area contributed by atoms with Crippen molar-refractivity contribution in [1.29, 1.82) is 0 Å². The molecule has 2 rings (SSSR count). The van der Waals surface area contributed by atoms with Crippen molar-refractivity contribution < 1.29 is 14.3 Å². The van der Waals surface area contributed by atoms with Gasteiger partial charge >= 0.3 is 5.97 Å². The standard InChI is InChI=1S/C14H22N2O3S/c1-4-19-13(17)12-9-20-14(15-12)16(7-8-18-3)10(2)11-5-6-11/h9-11H,4-8H2,1-3H3. The van der Waals surface area contributed by atoms with Crippen molar-refractivity contribution in [3.63, 3.8) is 0 Å². The number of nitrogens with zero attached hydrogens (tertiary/aromatic N) is 2. The molecule has 0 bridgehead atoms. The molecular formula is C14H22N2O3S. The molecule has 0 radical (unpaired) electrons. The maximum Gasteiger partial charge on any atom is 0.357 e. The van der Waals surface area contributed by atoms with Gasteiger partial charge in [0.1, 0.15) is 0 Å². The number of hydrogen-bond donors (Lipinski definition) is 0. The minimum atomic E-state index is -0.347. The van der Waals surface area contributed by atoms with Gasteiger partial charge in [-0.25, -0.2) is 9.78 Å². The first-order chi connectivity index (χ1) is 9.67. The molecule has 5 nitrogen and oxygen atoms in total. The Morgan fingerprint density at radius 2 is 2.35 bits per heavy atom. The summed E-state index contributed by atoms with van der Waals surface area (Å²) in [5.41, 5.74) is 0.400. The Morgan fingerprint density at radius 3 is 2.95 bits per heavy atom. The second kappa shape index (κ2) is 7.04. The van der Waals surface area contributed by atoms with Gasteiger partial charge in [0.15, 0.2) is 10.8 Å². The van der Waals surface area contributed by atoms with Crippen molar-refractivity contribution in [3.8, 4) is 0 Å². The second-order valence-corrected chi connectivity index (χ2v) is 5.84. The molecule has 0 amide bonds. The van der Waals surface area contributed by atoms with E-state index in [4.69, 9.17) is 9.47 Å². The van der Waals surface area contributed by atoms with Crippen LogP contribution in [0.3, 0.4) is 0 Å². The molecule has 1 atom stereocenters. The van der Waals surface area contributed by atoms with Crippen LogP contribution in [0.1, 0.15) is 37.2 Å². The molecule has 0 N–H and O–H groups in total. The van der Waals surface area contributed by atoms with Crippen LogP contribution < -0.4 is 4.90 Å². The van der Waals surface area contributed by atoms with Gasteiger partial charge in [0.05, 0.1) is 13.2 Å². The summed E-state index contributed by atoms with van der Waals surface area (Å²) in [6, 6.07) is 0.436. The van der Waals surface area contributed by atoms with Crippen molar-refractivity contribution in [2.75, 3.05) is 31.8 Å². The Bertz CT molecular complexity index is 445. The third-order valence-corrected chi connectivity index (χ3v) is 4.43. The quantitative estimate of drug-likeness (QED) is 0.690. The lowest BCUT2D eigenvalue weighted by Gasteiger charge is -2.28. The fourth-order valence-corrected chi connectivity index (χ4v) is 3.10. The number of esters is 1. The molecule has 1 aromatic heterocycles. The van der Waals surface area contributed by atoms with E-state index in [1.165, 1.54) is 24.2 Å².